The van der Waals surface area contributed by atoms with Crippen LogP contribution in [-0.2, 0) is 11.3 Å². The van der Waals surface area contributed by atoms with Gasteiger partial charge in [-0.05, 0) is 47.0 Å². The van der Waals surface area contributed by atoms with Crippen LogP contribution in [-0.4, -0.2) is 19.4 Å². The summed E-state index contributed by atoms with van der Waals surface area (Å²) in [7, 11) is 1.65. The minimum Gasteiger partial charge on any atom is -0.497 e. The van der Waals surface area contributed by atoms with Crippen molar-refractivity contribution in [2.45, 2.75) is 24.7 Å². The third-order valence-electron chi connectivity index (χ3n) is 6.37. The second-order valence-electron chi connectivity index (χ2n) is 8.61. The van der Waals surface area contributed by atoms with Crippen LogP contribution in [0.4, 0.5) is 4.79 Å². The van der Waals surface area contributed by atoms with Gasteiger partial charge in [-0.2, -0.15) is 0 Å². The molecule has 1 aliphatic heterocycles. The third-order valence-corrected chi connectivity index (χ3v) is 6.61. The number of halogens is 1. The number of amides is 1. The van der Waals surface area contributed by atoms with E-state index < -0.39 is 12.3 Å². The summed E-state index contributed by atoms with van der Waals surface area (Å²) in [4.78, 5) is 12.9. The van der Waals surface area contributed by atoms with Gasteiger partial charge in [0.2, 0.25) is 0 Å². The van der Waals surface area contributed by atoms with Gasteiger partial charge >= 0.3 is 6.09 Å². The van der Waals surface area contributed by atoms with Gasteiger partial charge < -0.3 is 14.2 Å². The molecule has 1 aliphatic rings. The van der Waals surface area contributed by atoms with Gasteiger partial charge in [-0.15, -0.1) is 0 Å². The van der Waals surface area contributed by atoms with Gasteiger partial charge in [-0.3, -0.25) is 5.32 Å². The summed E-state index contributed by atoms with van der Waals surface area (Å²) in [6, 6.07) is 33.1. The first-order chi connectivity index (χ1) is 17.6. The summed E-state index contributed by atoms with van der Waals surface area (Å²) in [5, 5.41) is 3.59. The number of fused-ring (bicyclic) bond motifs is 1. The maximum Gasteiger partial charge on any atom is 0.410 e. The number of rotatable bonds is 6. The topological polar surface area (TPSA) is 56.8 Å². The molecule has 1 heterocycles. The van der Waals surface area contributed by atoms with Crippen LogP contribution in [0.25, 0.3) is 0 Å². The number of carbonyl (C=O) groups is 1. The number of para-hydroxylation sites is 1. The van der Waals surface area contributed by atoms with Gasteiger partial charge in [-0.1, -0.05) is 84.4 Å². The van der Waals surface area contributed by atoms with Crippen molar-refractivity contribution in [2.24, 2.45) is 0 Å². The summed E-state index contributed by atoms with van der Waals surface area (Å²) >= 11 is 6.40. The number of nitrogens with one attached hydrogen (secondary N) is 1. The molecule has 0 spiro atoms. The van der Waals surface area contributed by atoms with Crippen LogP contribution in [0.3, 0.4) is 0 Å². The number of ether oxygens (including phenoxy) is 3. The van der Waals surface area contributed by atoms with Crippen LogP contribution in [0.5, 0.6) is 11.5 Å². The van der Waals surface area contributed by atoms with E-state index in [-0.39, 0.29) is 18.4 Å². The molecular weight excluding hydrogens is 474 g/mol. The Hall–Kier alpha value is -3.96. The van der Waals surface area contributed by atoms with Gasteiger partial charge in [0.15, 0.2) is 6.23 Å². The number of alkyl carbamates (subject to hydrolysis) is 1. The van der Waals surface area contributed by atoms with Crippen LogP contribution in [0, 0.1) is 0 Å². The maximum absolute atomic E-state index is 12.9. The van der Waals surface area contributed by atoms with Crippen molar-refractivity contribution in [2.75, 3.05) is 7.11 Å². The van der Waals surface area contributed by atoms with Crippen LogP contribution in [0.2, 0.25) is 5.02 Å². The highest BCUT2D eigenvalue weighted by Crippen LogP contribution is 2.48. The van der Waals surface area contributed by atoms with Crippen LogP contribution in [0.15, 0.2) is 103 Å². The van der Waals surface area contributed by atoms with E-state index in [1.165, 1.54) is 0 Å². The van der Waals surface area contributed by atoms with E-state index in [4.69, 9.17) is 25.8 Å². The normalized spacial score (nSPS) is 18.4. The Bertz CT molecular complexity index is 1330. The molecule has 1 N–H and O–H groups in total. The molecule has 5 rings (SSSR count). The monoisotopic (exact) mass is 499 g/mol. The number of hydrogen-bond donors (Lipinski definition) is 1. The molecule has 1 amide bonds. The van der Waals surface area contributed by atoms with E-state index in [9.17, 15) is 4.79 Å². The van der Waals surface area contributed by atoms with Gasteiger partial charge in [0.25, 0.3) is 0 Å². The van der Waals surface area contributed by atoms with Gasteiger partial charge in [0.1, 0.15) is 18.1 Å². The molecule has 4 aromatic rings. The molecule has 0 saturated carbocycles. The molecule has 0 bridgehead atoms. The first-order valence-corrected chi connectivity index (χ1v) is 12.1. The predicted molar refractivity (Wildman–Crippen MR) is 140 cm³/mol. The first kappa shape index (κ1) is 23.8. The molecule has 0 aliphatic carbocycles. The summed E-state index contributed by atoms with van der Waals surface area (Å²) in [6.07, 6.45) is -1.24. The van der Waals surface area contributed by atoms with Crippen molar-refractivity contribution in [3.8, 4) is 11.5 Å². The van der Waals surface area contributed by atoms with Crippen molar-refractivity contribution in [3.05, 3.63) is 130 Å². The Labute approximate surface area is 215 Å². The van der Waals surface area contributed by atoms with Crippen molar-refractivity contribution in [1.29, 1.82) is 0 Å². The fourth-order valence-electron chi connectivity index (χ4n) is 4.70. The Morgan fingerprint density at radius 1 is 0.889 bits per heavy atom. The van der Waals surface area contributed by atoms with E-state index >= 15 is 0 Å². The molecule has 0 fully saturated rings. The van der Waals surface area contributed by atoms with Gasteiger partial charge in [0, 0.05) is 16.5 Å². The molecule has 4 aromatic carbocycles. The number of carbonyl (C=O) groups excluding carboxylic acids is 1. The largest absolute Gasteiger partial charge is 0.497 e. The van der Waals surface area contributed by atoms with Crippen molar-refractivity contribution in [1.82, 2.24) is 5.32 Å². The lowest BCUT2D eigenvalue weighted by Gasteiger charge is -2.40. The van der Waals surface area contributed by atoms with Crippen LogP contribution >= 0.6 is 11.6 Å². The van der Waals surface area contributed by atoms with E-state index in [2.05, 4.69) is 11.4 Å². The zero-order chi connectivity index (χ0) is 24.9. The summed E-state index contributed by atoms with van der Waals surface area (Å²) in [6.45, 7) is 0.166. The molecule has 3 atom stereocenters. The molecule has 0 saturated heterocycles. The first-order valence-electron chi connectivity index (χ1n) is 11.7. The minimum atomic E-state index is -0.686. The number of methoxy groups -OCH3 is 1. The fraction of sp³-hybridized carbons (Fsp3) is 0.167. The van der Waals surface area contributed by atoms with Crippen molar-refractivity contribution < 1.29 is 19.0 Å². The Morgan fingerprint density at radius 3 is 2.39 bits per heavy atom. The Balaban J connectivity index is 1.52. The highest BCUT2D eigenvalue weighted by atomic mass is 35.5. The molecule has 0 aromatic heterocycles. The highest BCUT2D eigenvalue weighted by Gasteiger charge is 2.41. The standard InChI is InChI=1S/C30H26ClNO4/c1-34-24-16-14-21(15-17-24)27-25-12-5-6-13-26(25)36-29(28(27)22-10-7-11-23(31)18-22)32-30(33)35-19-20-8-3-2-4-9-20/h2-18,27-29H,19H2,1H3,(H,32,33)/t27-,28+,29+/m1/s1. The SMILES string of the molecule is COc1ccc([C@@H]2c3ccccc3O[C@H](NC(=O)OCc3ccccc3)[C@H]2c2cccc(Cl)c2)cc1. The second-order valence-corrected chi connectivity index (χ2v) is 9.05. The average molecular weight is 500 g/mol. The predicted octanol–water partition coefficient (Wildman–Crippen LogP) is 6.91. The van der Waals surface area contributed by atoms with Crippen LogP contribution < -0.4 is 14.8 Å². The fourth-order valence-corrected chi connectivity index (χ4v) is 4.90. The minimum absolute atomic E-state index is 0.112. The zero-order valence-electron chi connectivity index (χ0n) is 19.8. The lowest BCUT2D eigenvalue weighted by atomic mass is 9.74. The third kappa shape index (κ3) is 5.16. The van der Waals surface area contributed by atoms with E-state index in [0.29, 0.717) is 10.8 Å². The summed E-state index contributed by atoms with van der Waals surface area (Å²) in [5.74, 6) is 1.11. The molecule has 5 nitrogen and oxygen atoms in total. The highest BCUT2D eigenvalue weighted by molar-refractivity contribution is 6.30. The quantitative estimate of drug-likeness (QED) is 0.313. The lowest BCUT2D eigenvalue weighted by Crippen LogP contribution is -2.47. The lowest BCUT2D eigenvalue weighted by molar-refractivity contribution is 0.0803. The molecule has 6 heteroatoms. The zero-order valence-corrected chi connectivity index (χ0v) is 20.5. The Kier molecular flexibility index (Phi) is 7.10. The summed E-state index contributed by atoms with van der Waals surface area (Å²) < 4.78 is 17.3. The van der Waals surface area contributed by atoms with E-state index in [1.807, 2.05) is 97.1 Å². The van der Waals surface area contributed by atoms with E-state index in [1.54, 1.807) is 7.11 Å². The Morgan fingerprint density at radius 2 is 1.64 bits per heavy atom. The molecule has 0 unspecified atom stereocenters. The smallest absolute Gasteiger partial charge is 0.410 e. The number of hydrogen-bond acceptors (Lipinski definition) is 4. The molecule has 0 radical (unpaired) electrons. The molecule has 182 valence electrons. The van der Waals surface area contributed by atoms with Gasteiger partial charge in [-0.25, -0.2) is 4.79 Å². The second kappa shape index (κ2) is 10.8. The maximum atomic E-state index is 12.9. The number of benzene rings is 4. The average Bonchev–Trinajstić information content (AvgIpc) is 2.92. The molecule has 36 heavy (non-hydrogen) atoms. The van der Waals surface area contributed by atoms with Crippen LogP contribution in [0.1, 0.15) is 34.1 Å². The van der Waals surface area contributed by atoms with Gasteiger partial charge in [0.05, 0.1) is 13.0 Å². The molecular formula is C30H26ClNO4. The van der Waals surface area contributed by atoms with Crippen molar-refractivity contribution >= 4 is 17.7 Å². The van der Waals surface area contributed by atoms with Crippen molar-refractivity contribution in [3.63, 3.8) is 0 Å². The van der Waals surface area contributed by atoms with E-state index in [0.717, 1.165) is 28.0 Å². The summed E-state index contributed by atoms with van der Waals surface area (Å²) in [5.41, 5.74) is 3.96.